The van der Waals surface area contributed by atoms with E-state index in [1.54, 1.807) is 13.8 Å². The highest BCUT2D eigenvalue weighted by molar-refractivity contribution is 7.89. The molecule has 0 fully saturated rings. The molecule has 0 heterocycles. The van der Waals surface area contributed by atoms with Crippen LogP contribution in [0.1, 0.15) is 11.1 Å². The summed E-state index contributed by atoms with van der Waals surface area (Å²) in [5.41, 5.74) is 0.923. The van der Waals surface area contributed by atoms with Crippen molar-refractivity contribution in [1.29, 1.82) is 0 Å². The number of rotatable bonds is 7. The lowest BCUT2D eigenvalue weighted by molar-refractivity contribution is -0.387. The van der Waals surface area contributed by atoms with Gasteiger partial charge in [0.2, 0.25) is 10.0 Å². The molecule has 0 unspecified atom stereocenters. The van der Waals surface area contributed by atoms with Crippen molar-refractivity contribution in [2.75, 3.05) is 13.1 Å². The first-order chi connectivity index (χ1) is 9.75. The van der Waals surface area contributed by atoms with Crippen LogP contribution in [0.25, 0.3) is 0 Å². The second-order valence-corrected chi connectivity index (χ2v) is 6.47. The summed E-state index contributed by atoms with van der Waals surface area (Å²) in [6.07, 6.45) is 2.85. The molecule has 0 aliphatic heterocycles. The normalized spacial score (nSPS) is 11.4. The van der Waals surface area contributed by atoms with Gasteiger partial charge in [-0.2, -0.15) is 4.31 Å². The Balaban J connectivity index is 3.55. The van der Waals surface area contributed by atoms with Gasteiger partial charge >= 0.3 is 0 Å². The van der Waals surface area contributed by atoms with Crippen molar-refractivity contribution in [3.8, 4) is 0 Å². The summed E-state index contributed by atoms with van der Waals surface area (Å²) >= 11 is 0. The SMILES string of the molecule is C=CCN(CC=C)S(=O)(=O)c1cc(C)c(C)cc1[N+](=O)[O-]. The Morgan fingerprint density at radius 2 is 1.67 bits per heavy atom. The van der Waals surface area contributed by atoms with Crippen molar-refractivity contribution >= 4 is 15.7 Å². The molecule has 114 valence electrons. The summed E-state index contributed by atoms with van der Waals surface area (Å²) in [6.45, 7) is 10.5. The van der Waals surface area contributed by atoms with Crippen molar-refractivity contribution in [3.63, 3.8) is 0 Å². The van der Waals surface area contributed by atoms with Gasteiger partial charge in [-0.25, -0.2) is 8.42 Å². The van der Waals surface area contributed by atoms with Crippen LogP contribution in [-0.2, 0) is 10.0 Å². The Morgan fingerprint density at radius 1 is 1.19 bits per heavy atom. The first kappa shape index (κ1) is 17.1. The van der Waals surface area contributed by atoms with E-state index in [0.29, 0.717) is 11.1 Å². The van der Waals surface area contributed by atoms with E-state index in [9.17, 15) is 18.5 Å². The molecule has 1 rings (SSSR count). The third kappa shape index (κ3) is 3.56. The molecule has 0 atom stereocenters. The Kier molecular flexibility index (Phi) is 5.40. The van der Waals surface area contributed by atoms with E-state index in [1.165, 1.54) is 24.3 Å². The van der Waals surface area contributed by atoms with Crippen molar-refractivity contribution in [1.82, 2.24) is 4.31 Å². The summed E-state index contributed by atoms with van der Waals surface area (Å²) in [6, 6.07) is 2.62. The Bertz CT molecular complexity index is 670. The number of benzene rings is 1. The maximum Gasteiger partial charge on any atom is 0.289 e. The van der Waals surface area contributed by atoms with Crippen LogP contribution in [0.2, 0.25) is 0 Å². The Labute approximate surface area is 124 Å². The minimum atomic E-state index is -3.99. The van der Waals surface area contributed by atoms with Gasteiger partial charge in [0, 0.05) is 19.2 Å². The molecule has 0 aromatic heterocycles. The summed E-state index contributed by atoms with van der Waals surface area (Å²) in [7, 11) is -3.99. The number of nitrogens with zero attached hydrogens (tertiary/aromatic N) is 2. The molecular formula is C14H18N2O4S. The van der Waals surface area contributed by atoms with Gasteiger partial charge in [-0.15, -0.1) is 13.2 Å². The van der Waals surface area contributed by atoms with E-state index in [-0.39, 0.29) is 18.0 Å². The second kappa shape index (κ2) is 6.64. The second-order valence-electron chi connectivity index (χ2n) is 4.56. The van der Waals surface area contributed by atoms with Gasteiger partial charge in [-0.05, 0) is 31.0 Å². The maximum atomic E-state index is 12.6. The number of hydrogen-bond acceptors (Lipinski definition) is 4. The Morgan fingerprint density at radius 3 is 2.10 bits per heavy atom. The van der Waals surface area contributed by atoms with Gasteiger partial charge in [0.15, 0.2) is 4.90 Å². The van der Waals surface area contributed by atoms with Crippen LogP contribution < -0.4 is 0 Å². The fourth-order valence-electron chi connectivity index (χ4n) is 1.82. The Hall–Kier alpha value is -1.99. The summed E-state index contributed by atoms with van der Waals surface area (Å²) in [5.74, 6) is 0. The lowest BCUT2D eigenvalue weighted by Gasteiger charge is -2.19. The van der Waals surface area contributed by atoms with Crippen molar-refractivity contribution in [3.05, 3.63) is 58.7 Å². The first-order valence-corrected chi connectivity index (χ1v) is 7.67. The zero-order chi connectivity index (χ0) is 16.2. The van der Waals surface area contributed by atoms with Crippen molar-refractivity contribution in [2.24, 2.45) is 0 Å². The first-order valence-electron chi connectivity index (χ1n) is 6.23. The van der Waals surface area contributed by atoms with Crippen LogP contribution in [-0.4, -0.2) is 30.7 Å². The largest absolute Gasteiger partial charge is 0.289 e. The van der Waals surface area contributed by atoms with Crippen molar-refractivity contribution < 1.29 is 13.3 Å². The fraction of sp³-hybridized carbons (Fsp3) is 0.286. The summed E-state index contributed by atoms with van der Waals surface area (Å²) < 4.78 is 26.3. The number of nitro benzene ring substituents is 1. The average molecular weight is 310 g/mol. The number of nitro groups is 1. The smallest absolute Gasteiger partial charge is 0.258 e. The predicted octanol–water partition coefficient (Wildman–Crippen LogP) is 2.57. The zero-order valence-electron chi connectivity index (χ0n) is 12.1. The monoisotopic (exact) mass is 310 g/mol. The molecule has 0 amide bonds. The van der Waals surface area contributed by atoms with Gasteiger partial charge in [0.05, 0.1) is 4.92 Å². The van der Waals surface area contributed by atoms with Crippen LogP contribution in [0.5, 0.6) is 0 Å². The van der Waals surface area contributed by atoms with Crippen LogP contribution in [0.3, 0.4) is 0 Å². The van der Waals surface area contributed by atoms with Crippen LogP contribution in [0.4, 0.5) is 5.69 Å². The lowest BCUT2D eigenvalue weighted by Crippen LogP contribution is -2.32. The molecule has 6 nitrogen and oxygen atoms in total. The van der Waals surface area contributed by atoms with Crippen LogP contribution in [0.15, 0.2) is 42.3 Å². The molecule has 0 aliphatic carbocycles. The highest BCUT2D eigenvalue weighted by atomic mass is 32.2. The standard InChI is InChI=1S/C14H18N2O4S/c1-5-7-15(8-6-2)21(19,20)14-10-12(4)11(3)9-13(14)16(17)18/h5-6,9-10H,1-2,7-8H2,3-4H3. The van der Waals surface area contributed by atoms with Crippen molar-refractivity contribution in [2.45, 2.75) is 18.7 Å². The molecule has 0 saturated heterocycles. The molecule has 0 spiro atoms. The number of sulfonamides is 1. The highest BCUT2D eigenvalue weighted by Crippen LogP contribution is 2.29. The predicted molar refractivity (Wildman–Crippen MR) is 81.7 cm³/mol. The quantitative estimate of drug-likeness (QED) is 0.440. The molecule has 1 aromatic rings. The molecule has 0 radical (unpaired) electrons. The van der Waals surface area contributed by atoms with Crippen LogP contribution >= 0.6 is 0 Å². The maximum absolute atomic E-state index is 12.6. The van der Waals surface area contributed by atoms with Crippen LogP contribution in [0, 0.1) is 24.0 Å². The van der Waals surface area contributed by atoms with E-state index in [2.05, 4.69) is 13.2 Å². The minimum absolute atomic E-state index is 0.0540. The molecule has 0 N–H and O–H groups in total. The molecule has 0 aliphatic rings. The number of aryl methyl sites for hydroxylation is 2. The average Bonchev–Trinajstić information content (AvgIpc) is 2.40. The molecule has 21 heavy (non-hydrogen) atoms. The van der Waals surface area contributed by atoms with E-state index in [0.717, 1.165) is 4.31 Å². The van der Waals surface area contributed by atoms with Gasteiger partial charge in [-0.3, -0.25) is 10.1 Å². The van der Waals surface area contributed by atoms with Gasteiger partial charge in [0.25, 0.3) is 5.69 Å². The van der Waals surface area contributed by atoms with E-state index in [1.807, 2.05) is 0 Å². The number of hydrogen-bond donors (Lipinski definition) is 0. The molecule has 1 aromatic carbocycles. The highest BCUT2D eigenvalue weighted by Gasteiger charge is 2.31. The fourth-order valence-corrected chi connectivity index (χ4v) is 3.43. The third-order valence-electron chi connectivity index (χ3n) is 3.06. The summed E-state index contributed by atoms with van der Waals surface area (Å²) in [5, 5.41) is 11.2. The van der Waals surface area contributed by atoms with Gasteiger partial charge < -0.3 is 0 Å². The van der Waals surface area contributed by atoms with Gasteiger partial charge in [0.1, 0.15) is 0 Å². The van der Waals surface area contributed by atoms with E-state index in [4.69, 9.17) is 0 Å². The van der Waals surface area contributed by atoms with E-state index >= 15 is 0 Å². The topological polar surface area (TPSA) is 80.5 Å². The molecule has 7 heteroatoms. The lowest BCUT2D eigenvalue weighted by atomic mass is 10.1. The zero-order valence-corrected chi connectivity index (χ0v) is 12.9. The molecule has 0 saturated carbocycles. The molecule has 0 bridgehead atoms. The minimum Gasteiger partial charge on any atom is -0.258 e. The van der Waals surface area contributed by atoms with E-state index < -0.39 is 20.6 Å². The van der Waals surface area contributed by atoms with Gasteiger partial charge in [-0.1, -0.05) is 12.2 Å². The third-order valence-corrected chi connectivity index (χ3v) is 4.92. The molecular weight excluding hydrogens is 292 g/mol. The summed E-state index contributed by atoms with van der Waals surface area (Å²) in [4.78, 5) is 10.2.